The van der Waals surface area contributed by atoms with Crippen LogP contribution in [0.25, 0.3) is 0 Å². The molecule has 1 atom stereocenters. The molecule has 0 aliphatic rings. The smallest absolute Gasteiger partial charge is 0.313 e. The van der Waals surface area contributed by atoms with Crippen molar-refractivity contribution < 1.29 is 15.0 Å². The first-order valence-corrected chi connectivity index (χ1v) is 4.87. The fourth-order valence-electron chi connectivity index (χ4n) is 1.11. The van der Waals surface area contributed by atoms with E-state index in [9.17, 15) is 9.90 Å². The third-order valence-corrected chi connectivity index (χ3v) is 1.96. The van der Waals surface area contributed by atoms with Gasteiger partial charge in [0.25, 0.3) is 0 Å². The summed E-state index contributed by atoms with van der Waals surface area (Å²) in [4.78, 5) is 10.8. The first-order chi connectivity index (χ1) is 6.25. The van der Waals surface area contributed by atoms with E-state index in [4.69, 9.17) is 5.11 Å². The summed E-state index contributed by atoms with van der Waals surface area (Å²) < 4.78 is 0. The van der Waals surface area contributed by atoms with Crippen molar-refractivity contribution in [1.29, 1.82) is 0 Å². The van der Waals surface area contributed by atoms with Gasteiger partial charge in [0.05, 0.1) is 5.60 Å². The summed E-state index contributed by atoms with van der Waals surface area (Å²) >= 11 is 0. The molecule has 0 aromatic rings. The van der Waals surface area contributed by atoms with E-state index in [2.05, 4.69) is 13.8 Å². The Hall–Kier alpha value is -0.830. The van der Waals surface area contributed by atoms with Crippen molar-refractivity contribution in [3.8, 4) is 0 Å². The zero-order valence-electron chi connectivity index (χ0n) is 9.32. The molecular weight excluding hydrogens is 180 g/mol. The molecule has 3 heteroatoms. The van der Waals surface area contributed by atoms with Gasteiger partial charge in [-0.05, 0) is 26.2 Å². The largest absolute Gasteiger partial charge is 0.481 e. The normalized spacial score (nSPS) is 15.0. The number of aliphatic carboxylic acids is 1. The van der Waals surface area contributed by atoms with Gasteiger partial charge in [-0.25, -0.2) is 0 Å². The molecule has 2 N–H and O–H groups in total. The summed E-state index contributed by atoms with van der Waals surface area (Å²) in [6, 6.07) is 0. The number of hydrogen-bond acceptors (Lipinski definition) is 2. The molecule has 0 fully saturated rings. The average Bonchev–Trinajstić information content (AvgIpc) is 1.94. The van der Waals surface area contributed by atoms with E-state index in [0.29, 0.717) is 5.92 Å². The van der Waals surface area contributed by atoms with Crippen molar-refractivity contribution in [2.24, 2.45) is 11.8 Å². The van der Waals surface area contributed by atoms with Crippen LogP contribution in [0.15, 0.2) is 12.2 Å². The van der Waals surface area contributed by atoms with E-state index in [1.165, 1.54) is 13.8 Å². The van der Waals surface area contributed by atoms with Crippen LogP contribution in [0.1, 0.15) is 34.1 Å². The second kappa shape index (κ2) is 5.15. The Morgan fingerprint density at radius 1 is 1.43 bits per heavy atom. The second-order valence-electron chi connectivity index (χ2n) is 4.53. The van der Waals surface area contributed by atoms with Gasteiger partial charge in [-0.1, -0.05) is 26.0 Å². The minimum atomic E-state index is -1.21. The van der Waals surface area contributed by atoms with E-state index in [1.807, 2.05) is 6.08 Å². The standard InChI is InChI=1S/C11H20O3/c1-8(2)6-5-7-9(10(12)13)11(3,4)14/h5,7-9,14H,6H2,1-4H3,(H,12,13)/b7-5+. The molecule has 0 aliphatic heterocycles. The summed E-state index contributed by atoms with van der Waals surface area (Å²) in [5.74, 6) is -1.32. The molecule has 0 bridgehead atoms. The van der Waals surface area contributed by atoms with Crippen LogP contribution in [0.3, 0.4) is 0 Å². The van der Waals surface area contributed by atoms with Crippen LogP contribution < -0.4 is 0 Å². The lowest BCUT2D eigenvalue weighted by Crippen LogP contribution is -2.35. The van der Waals surface area contributed by atoms with Crippen LogP contribution in [-0.4, -0.2) is 21.8 Å². The maximum atomic E-state index is 10.8. The molecular formula is C11H20O3. The molecule has 82 valence electrons. The van der Waals surface area contributed by atoms with Gasteiger partial charge in [0.15, 0.2) is 0 Å². The molecule has 14 heavy (non-hydrogen) atoms. The number of allylic oxidation sites excluding steroid dienone is 1. The summed E-state index contributed by atoms with van der Waals surface area (Å²) in [5.41, 5.74) is -1.21. The first-order valence-electron chi connectivity index (χ1n) is 4.87. The maximum Gasteiger partial charge on any atom is 0.313 e. The molecule has 0 heterocycles. The zero-order valence-corrected chi connectivity index (χ0v) is 9.32. The predicted octanol–water partition coefficient (Wildman–Crippen LogP) is 2.06. The van der Waals surface area contributed by atoms with Crippen molar-refractivity contribution in [2.45, 2.75) is 39.7 Å². The van der Waals surface area contributed by atoms with Crippen LogP contribution in [0.2, 0.25) is 0 Å². The van der Waals surface area contributed by atoms with Crippen LogP contribution in [0.5, 0.6) is 0 Å². The highest BCUT2D eigenvalue weighted by atomic mass is 16.4. The van der Waals surface area contributed by atoms with Crippen LogP contribution in [0, 0.1) is 11.8 Å². The van der Waals surface area contributed by atoms with Gasteiger partial charge >= 0.3 is 5.97 Å². The third-order valence-electron chi connectivity index (χ3n) is 1.96. The van der Waals surface area contributed by atoms with Crippen LogP contribution in [0.4, 0.5) is 0 Å². The Labute approximate surface area is 85.4 Å². The van der Waals surface area contributed by atoms with Gasteiger partial charge in [-0.2, -0.15) is 0 Å². The van der Waals surface area contributed by atoms with Gasteiger partial charge in [0.2, 0.25) is 0 Å². The monoisotopic (exact) mass is 200 g/mol. The Kier molecular flexibility index (Phi) is 4.85. The minimum absolute atomic E-state index is 0.502. The molecule has 0 aromatic heterocycles. The fraction of sp³-hybridized carbons (Fsp3) is 0.727. The van der Waals surface area contributed by atoms with Crippen molar-refractivity contribution in [1.82, 2.24) is 0 Å². The molecule has 0 amide bonds. The quantitative estimate of drug-likeness (QED) is 0.668. The fourth-order valence-corrected chi connectivity index (χ4v) is 1.11. The lowest BCUT2D eigenvalue weighted by atomic mass is 9.90. The van der Waals surface area contributed by atoms with Gasteiger partial charge in [0.1, 0.15) is 5.92 Å². The molecule has 0 spiro atoms. The van der Waals surface area contributed by atoms with Gasteiger partial charge in [-0.3, -0.25) is 4.79 Å². The van der Waals surface area contributed by atoms with Gasteiger partial charge in [0, 0.05) is 0 Å². The van der Waals surface area contributed by atoms with E-state index >= 15 is 0 Å². The number of aliphatic hydroxyl groups is 1. The third kappa shape index (κ3) is 5.02. The van der Waals surface area contributed by atoms with Crippen molar-refractivity contribution in [2.75, 3.05) is 0 Å². The topological polar surface area (TPSA) is 57.5 Å². The van der Waals surface area contributed by atoms with E-state index < -0.39 is 17.5 Å². The first kappa shape index (κ1) is 13.2. The number of carbonyl (C=O) groups is 1. The minimum Gasteiger partial charge on any atom is -0.481 e. The number of rotatable bonds is 5. The lowest BCUT2D eigenvalue weighted by Gasteiger charge is -2.22. The summed E-state index contributed by atoms with van der Waals surface area (Å²) in [6.07, 6.45) is 4.23. The SMILES string of the molecule is CC(C)C/C=C/C(C(=O)O)C(C)(C)O. The molecule has 0 aromatic carbocycles. The zero-order chi connectivity index (χ0) is 11.4. The summed E-state index contributed by atoms with van der Waals surface area (Å²) in [5, 5.41) is 18.4. The average molecular weight is 200 g/mol. The highest BCUT2D eigenvalue weighted by Crippen LogP contribution is 2.18. The lowest BCUT2D eigenvalue weighted by molar-refractivity contribution is -0.146. The Morgan fingerprint density at radius 2 is 1.93 bits per heavy atom. The van der Waals surface area contributed by atoms with Crippen molar-refractivity contribution in [3.05, 3.63) is 12.2 Å². The highest BCUT2D eigenvalue weighted by Gasteiger charge is 2.30. The molecule has 0 saturated heterocycles. The van der Waals surface area contributed by atoms with Gasteiger partial charge < -0.3 is 10.2 Å². The predicted molar refractivity (Wildman–Crippen MR) is 56.0 cm³/mol. The van der Waals surface area contributed by atoms with E-state index in [-0.39, 0.29) is 0 Å². The number of carboxylic acids is 1. The van der Waals surface area contributed by atoms with E-state index in [1.54, 1.807) is 6.08 Å². The van der Waals surface area contributed by atoms with Crippen molar-refractivity contribution >= 4 is 5.97 Å². The van der Waals surface area contributed by atoms with Gasteiger partial charge in [-0.15, -0.1) is 0 Å². The molecule has 1 unspecified atom stereocenters. The Balaban J connectivity index is 4.40. The molecule has 0 rings (SSSR count). The summed E-state index contributed by atoms with van der Waals surface area (Å²) in [6.45, 7) is 7.13. The molecule has 0 radical (unpaired) electrons. The second-order valence-corrected chi connectivity index (χ2v) is 4.53. The summed E-state index contributed by atoms with van der Waals surface area (Å²) in [7, 11) is 0. The maximum absolute atomic E-state index is 10.8. The molecule has 3 nitrogen and oxygen atoms in total. The number of hydrogen-bond donors (Lipinski definition) is 2. The van der Waals surface area contributed by atoms with E-state index in [0.717, 1.165) is 6.42 Å². The molecule has 0 saturated carbocycles. The number of carboxylic acid groups (broad SMARTS) is 1. The Morgan fingerprint density at radius 3 is 2.21 bits per heavy atom. The molecule has 0 aliphatic carbocycles. The Bertz CT molecular complexity index is 211. The van der Waals surface area contributed by atoms with Crippen LogP contribution in [-0.2, 0) is 4.79 Å². The van der Waals surface area contributed by atoms with Crippen molar-refractivity contribution in [3.63, 3.8) is 0 Å². The highest BCUT2D eigenvalue weighted by molar-refractivity contribution is 5.73. The van der Waals surface area contributed by atoms with Crippen LogP contribution >= 0.6 is 0 Å².